The molecule has 1 fully saturated rings. The van der Waals surface area contributed by atoms with Crippen LogP contribution in [0.15, 0.2) is 24.4 Å². The number of nitrogens with zero attached hydrogens (tertiary/aromatic N) is 1. The van der Waals surface area contributed by atoms with Gasteiger partial charge < -0.3 is 5.73 Å². The highest BCUT2D eigenvalue weighted by Crippen LogP contribution is 2.26. The molecule has 0 saturated heterocycles. The maximum absolute atomic E-state index is 11.6. The molecule has 3 N–H and O–H groups in total. The summed E-state index contributed by atoms with van der Waals surface area (Å²) >= 11 is 0. The third kappa shape index (κ3) is 3.53. The van der Waals surface area contributed by atoms with Crippen molar-refractivity contribution in [2.24, 2.45) is 11.7 Å². The van der Waals surface area contributed by atoms with Gasteiger partial charge in [0, 0.05) is 12.7 Å². The zero-order valence-electron chi connectivity index (χ0n) is 10.6. The van der Waals surface area contributed by atoms with E-state index in [0.29, 0.717) is 12.5 Å². The fourth-order valence-corrected chi connectivity index (χ4v) is 2.68. The van der Waals surface area contributed by atoms with Crippen LogP contribution in [-0.2, 0) is 11.3 Å². The fourth-order valence-electron chi connectivity index (χ4n) is 2.68. The van der Waals surface area contributed by atoms with Crippen molar-refractivity contribution < 1.29 is 4.79 Å². The molecule has 1 aromatic heterocycles. The SMILES string of the molecule is NC(=O)C(NCc1ccccn1)C1CCCCC1. The van der Waals surface area contributed by atoms with Crippen LogP contribution in [0.2, 0.25) is 0 Å². The molecule has 2 rings (SSSR count). The first kappa shape index (κ1) is 13.0. The van der Waals surface area contributed by atoms with Crippen molar-refractivity contribution in [3.05, 3.63) is 30.1 Å². The molecule has 98 valence electrons. The van der Waals surface area contributed by atoms with Crippen LogP contribution < -0.4 is 11.1 Å². The Bertz CT molecular complexity index is 374. The topological polar surface area (TPSA) is 68.0 Å². The van der Waals surface area contributed by atoms with E-state index in [1.54, 1.807) is 6.20 Å². The number of hydrogen-bond acceptors (Lipinski definition) is 3. The first-order valence-corrected chi connectivity index (χ1v) is 6.70. The molecular weight excluding hydrogens is 226 g/mol. The van der Waals surface area contributed by atoms with Crippen LogP contribution in [-0.4, -0.2) is 16.9 Å². The number of carbonyl (C=O) groups excluding carboxylic acids is 1. The van der Waals surface area contributed by atoms with Gasteiger partial charge in [-0.25, -0.2) is 0 Å². The van der Waals surface area contributed by atoms with E-state index in [-0.39, 0.29) is 11.9 Å². The summed E-state index contributed by atoms with van der Waals surface area (Å²) in [5.74, 6) is 0.151. The van der Waals surface area contributed by atoms with Gasteiger partial charge in [-0.1, -0.05) is 25.3 Å². The molecule has 18 heavy (non-hydrogen) atoms. The van der Waals surface area contributed by atoms with E-state index in [4.69, 9.17) is 5.73 Å². The van der Waals surface area contributed by atoms with Crippen LogP contribution in [0.1, 0.15) is 37.8 Å². The van der Waals surface area contributed by atoms with Crippen molar-refractivity contribution in [3.63, 3.8) is 0 Å². The monoisotopic (exact) mass is 247 g/mol. The van der Waals surface area contributed by atoms with Crippen molar-refractivity contribution in [2.75, 3.05) is 0 Å². The number of aromatic nitrogens is 1. The quantitative estimate of drug-likeness (QED) is 0.830. The second-order valence-corrected chi connectivity index (χ2v) is 4.98. The van der Waals surface area contributed by atoms with Gasteiger partial charge in [-0.2, -0.15) is 0 Å². The molecule has 1 aliphatic rings. The van der Waals surface area contributed by atoms with E-state index in [9.17, 15) is 4.79 Å². The van der Waals surface area contributed by atoms with E-state index in [2.05, 4.69) is 10.3 Å². The van der Waals surface area contributed by atoms with E-state index in [0.717, 1.165) is 18.5 Å². The minimum Gasteiger partial charge on any atom is -0.368 e. The van der Waals surface area contributed by atoms with Crippen molar-refractivity contribution >= 4 is 5.91 Å². The minimum atomic E-state index is -0.238. The van der Waals surface area contributed by atoms with E-state index in [1.807, 2.05) is 18.2 Å². The van der Waals surface area contributed by atoms with E-state index < -0.39 is 0 Å². The standard InChI is InChI=1S/C14H21N3O/c15-14(18)13(11-6-2-1-3-7-11)17-10-12-8-4-5-9-16-12/h4-5,8-9,11,13,17H,1-3,6-7,10H2,(H2,15,18). The Morgan fingerprint density at radius 3 is 2.78 bits per heavy atom. The lowest BCUT2D eigenvalue weighted by Gasteiger charge is -2.28. The molecule has 1 saturated carbocycles. The molecule has 1 aromatic rings. The normalized spacial score (nSPS) is 18.4. The van der Waals surface area contributed by atoms with Gasteiger partial charge in [0.25, 0.3) is 0 Å². The summed E-state index contributed by atoms with van der Waals surface area (Å²) < 4.78 is 0. The third-order valence-corrected chi connectivity index (χ3v) is 3.66. The Labute approximate surface area is 108 Å². The highest BCUT2D eigenvalue weighted by Gasteiger charge is 2.27. The Kier molecular flexibility index (Phi) is 4.70. The fraction of sp³-hybridized carbons (Fsp3) is 0.571. The van der Waals surface area contributed by atoms with E-state index >= 15 is 0 Å². The van der Waals surface area contributed by atoms with Crippen molar-refractivity contribution in [2.45, 2.75) is 44.7 Å². The number of nitrogens with two attached hydrogens (primary N) is 1. The molecule has 1 heterocycles. The van der Waals surface area contributed by atoms with Crippen molar-refractivity contribution in [1.82, 2.24) is 10.3 Å². The second kappa shape index (κ2) is 6.50. The van der Waals surface area contributed by atoms with E-state index in [1.165, 1.54) is 19.3 Å². The summed E-state index contributed by atoms with van der Waals surface area (Å²) in [7, 11) is 0. The predicted octanol–water partition coefficient (Wildman–Crippen LogP) is 1.61. The summed E-state index contributed by atoms with van der Waals surface area (Å²) in [5.41, 5.74) is 6.45. The Balaban J connectivity index is 1.92. The van der Waals surface area contributed by atoms with Gasteiger partial charge in [0.2, 0.25) is 5.91 Å². The molecule has 0 radical (unpaired) electrons. The molecule has 0 spiro atoms. The average Bonchev–Trinajstić information content (AvgIpc) is 2.41. The molecule has 1 aliphatic carbocycles. The first-order valence-electron chi connectivity index (χ1n) is 6.70. The Hall–Kier alpha value is -1.42. The van der Waals surface area contributed by atoms with Crippen LogP contribution >= 0.6 is 0 Å². The lowest BCUT2D eigenvalue weighted by molar-refractivity contribution is -0.121. The van der Waals surface area contributed by atoms with Crippen LogP contribution in [0, 0.1) is 5.92 Å². The molecule has 1 amide bonds. The number of primary amides is 1. The van der Waals surface area contributed by atoms with Gasteiger partial charge in [-0.15, -0.1) is 0 Å². The number of carbonyl (C=O) groups is 1. The zero-order valence-corrected chi connectivity index (χ0v) is 10.6. The molecule has 4 heteroatoms. The summed E-state index contributed by atoms with van der Waals surface area (Å²) in [6.45, 7) is 0.602. The second-order valence-electron chi connectivity index (χ2n) is 4.98. The maximum atomic E-state index is 11.6. The van der Waals surface area contributed by atoms with Crippen LogP contribution in [0.25, 0.3) is 0 Å². The summed E-state index contributed by atoms with van der Waals surface area (Å²) in [6.07, 6.45) is 7.66. The number of amides is 1. The van der Waals surface area contributed by atoms with Crippen LogP contribution in [0.5, 0.6) is 0 Å². The largest absolute Gasteiger partial charge is 0.368 e. The molecule has 0 bridgehead atoms. The van der Waals surface area contributed by atoms with Gasteiger partial charge >= 0.3 is 0 Å². The highest BCUT2D eigenvalue weighted by molar-refractivity contribution is 5.80. The zero-order chi connectivity index (χ0) is 12.8. The maximum Gasteiger partial charge on any atom is 0.234 e. The van der Waals surface area contributed by atoms with Gasteiger partial charge in [-0.05, 0) is 30.9 Å². The summed E-state index contributed by atoms with van der Waals surface area (Å²) in [4.78, 5) is 15.8. The van der Waals surface area contributed by atoms with Gasteiger partial charge in [0.1, 0.15) is 0 Å². The number of nitrogens with one attached hydrogen (secondary N) is 1. The van der Waals surface area contributed by atoms with Gasteiger partial charge in [0.05, 0.1) is 11.7 Å². The first-order chi connectivity index (χ1) is 8.77. The average molecular weight is 247 g/mol. The molecule has 0 aliphatic heterocycles. The minimum absolute atomic E-state index is 0.215. The van der Waals surface area contributed by atoms with Crippen LogP contribution in [0.3, 0.4) is 0 Å². The smallest absolute Gasteiger partial charge is 0.234 e. The van der Waals surface area contributed by atoms with Gasteiger partial charge in [0.15, 0.2) is 0 Å². The number of hydrogen-bond donors (Lipinski definition) is 2. The van der Waals surface area contributed by atoms with Crippen molar-refractivity contribution in [3.8, 4) is 0 Å². The lowest BCUT2D eigenvalue weighted by atomic mass is 9.83. The summed E-state index contributed by atoms with van der Waals surface area (Å²) in [6, 6.07) is 5.57. The molecule has 0 aromatic carbocycles. The molecule has 4 nitrogen and oxygen atoms in total. The Morgan fingerprint density at radius 1 is 1.39 bits per heavy atom. The number of pyridine rings is 1. The predicted molar refractivity (Wildman–Crippen MR) is 70.6 cm³/mol. The molecular formula is C14H21N3O. The highest BCUT2D eigenvalue weighted by atomic mass is 16.1. The molecule has 1 atom stereocenters. The lowest BCUT2D eigenvalue weighted by Crippen LogP contribution is -2.46. The van der Waals surface area contributed by atoms with Crippen LogP contribution in [0.4, 0.5) is 0 Å². The Morgan fingerprint density at radius 2 is 2.17 bits per heavy atom. The van der Waals surface area contributed by atoms with Crippen molar-refractivity contribution in [1.29, 1.82) is 0 Å². The third-order valence-electron chi connectivity index (χ3n) is 3.66. The summed E-state index contributed by atoms with van der Waals surface area (Å²) in [5, 5.41) is 3.27. The molecule has 1 unspecified atom stereocenters. The number of rotatable bonds is 5. The van der Waals surface area contributed by atoms with Gasteiger partial charge in [-0.3, -0.25) is 15.1 Å².